The Morgan fingerprint density at radius 2 is 2.00 bits per heavy atom. The van der Waals surface area contributed by atoms with Gasteiger partial charge in [-0.3, -0.25) is 4.79 Å². The minimum atomic E-state index is 0.337. The molecule has 2 aliphatic rings. The van der Waals surface area contributed by atoms with E-state index in [2.05, 4.69) is 22.2 Å². The molecule has 0 radical (unpaired) electrons. The minimum absolute atomic E-state index is 0.337. The van der Waals surface area contributed by atoms with Gasteiger partial charge in [-0.2, -0.15) is 0 Å². The van der Waals surface area contributed by atoms with Gasteiger partial charge in [-0.1, -0.05) is 0 Å². The van der Waals surface area contributed by atoms with E-state index in [1.165, 1.54) is 25.9 Å². The monoisotopic (exact) mass is 225 g/mol. The first kappa shape index (κ1) is 11.9. The van der Waals surface area contributed by atoms with E-state index < -0.39 is 0 Å². The molecule has 2 rings (SSSR count). The Bertz CT molecular complexity index is 236. The second-order valence-electron chi connectivity index (χ2n) is 5.09. The van der Waals surface area contributed by atoms with Gasteiger partial charge in [-0.25, -0.2) is 0 Å². The van der Waals surface area contributed by atoms with Gasteiger partial charge in [0.25, 0.3) is 0 Å². The number of likely N-dealkylation sites (tertiary alicyclic amines) is 1. The Kier molecular flexibility index (Phi) is 4.18. The maximum atomic E-state index is 11.8. The van der Waals surface area contributed by atoms with Crippen molar-refractivity contribution in [2.24, 2.45) is 5.92 Å². The summed E-state index contributed by atoms with van der Waals surface area (Å²) in [6.45, 7) is 6.05. The van der Waals surface area contributed by atoms with Gasteiger partial charge in [0, 0.05) is 32.6 Å². The Hall–Kier alpha value is -0.610. The van der Waals surface area contributed by atoms with E-state index >= 15 is 0 Å². The molecule has 92 valence electrons. The van der Waals surface area contributed by atoms with Crippen molar-refractivity contribution in [2.75, 3.05) is 46.3 Å². The summed E-state index contributed by atoms with van der Waals surface area (Å²) < 4.78 is 0. The molecule has 0 aliphatic carbocycles. The fourth-order valence-corrected chi connectivity index (χ4v) is 2.57. The predicted octanol–water partition coefficient (Wildman–Crippen LogP) is 0.150. The second-order valence-corrected chi connectivity index (χ2v) is 5.09. The molecule has 0 bridgehead atoms. The van der Waals surface area contributed by atoms with Crippen molar-refractivity contribution in [2.45, 2.75) is 19.3 Å². The predicted molar refractivity (Wildman–Crippen MR) is 64.3 cm³/mol. The highest BCUT2D eigenvalue weighted by atomic mass is 16.2. The SMILES string of the molecule is CN1CCC(CN2CCNCCC2=O)CC1. The number of carbonyl (C=O) groups excluding carboxylic acids is 1. The Morgan fingerprint density at radius 3 is 2.75 bits per heavy atom. The molecule has 0 spiro atoms. The van der Waals surface area contributed by atoms with Crippen molar-refractivity contribution in [1.29, 1.82) is 0 Å². The fraction of sp³-hybridized carbons (Fsp3) is 0.917. The van der Waals surface area contributed by atoms with Gasteiger partial charge in [0.05, 0.1) is 0 Å². The quantitative estimate of drug-likeness (QED) is 0.726. The zero-order valence-electron chi connectivity index (χ0n) is 10.2. The summed E-state index contributed by atoms with van der Waals surface area (Å²) in [6.07, 6.45) is 3.16. The molecule has 0 unspecified atom stereocenters. The molecular formula is C12H23N3O. The number of amides is 1. The summed E-state index contributed by atoms with van der Waals surface area (Å²) >= 11 is 0. The number of hydrogen-bond donors (Lipinski definition) is 1. The number of hydrogen-bond acceptors (Lipinski definition) is 3. The molecular weight excluding hydrogens is 202 g/mol. The van der Waals surface area contributed by atoms with Crippen LogP contribution in [0.1, 0.15) is 19.3 Å². The van der Waals surface area contributed by atoms with E-state index in [1.54, 1.807) is 0 Å². The number of carbonyl (C=O) groups is 1. The Balaban J connectivity index is 1.80. The molecule has 0 aromatic heterocycles. The van der Waals surface area contributed by atoms with Crippen LogP contribution in [0.15, 0.2) is 0 Å². The lowest BCUT2D eigenvalue weighted by atomic mass is 9.96. The highest BCUT2D eigenvalue weighted by Crippen LogP contribution is 2.17. The molecule has 2 heterocycles. The summed E-state index contributed by atoms with van der Waals surface area (Å²) in [5.41, 5.74) is 0. The largest absolute Gasteiger partial charge is 0.341 e. The smallest absolute Gasteiger partial charge is 0.223 e. The van der Waals surface area contributed by atoms with Gasteiger partial charge in [0.15, 0.2) is 0 Å². The van der Waals surface area contributed by atoms with Crippen molar-refractivity contribution in [1.82, 2.24) is 15.1 Å². The average Bonchev–Trinajstić information content (AvgIpc) is 2.48. The van der Waals surface area contributed by atoms with Crippen LogP contribution in [0.2, 0.25) is 0 Å². The zero-order valence-corrected chi connectivity index (χ0v) is 10.2. The molecule has 1 amide bonds. The van der Waals surface area contributed by atoms with Crippen LogP contribution in [0, 0.1) is 5.92 Å². The van der Waals surface area contributed by atoms with Gasteiger partial charge >= 0.3 is 0 Å². The molecule has 0 aromatic rings. The standard InChI is InChI=1S/C12H23N3O/c1-14-7-3-11(4-8-14)10-15-9-6-13-5-2-12(15)16/h11,13H,2-10H2,1H3. The van der Waals surface area contributed by atoms with Gasteiger partial charge in [-0.05, 0) is 38.9 Å². The van der Waals surface area contributed by atoms with E-state index in [0.717, 1.165) is 32.1 Å². The van der Waals surface area contributed by atoms with Gasteiger partial charge < -0.3 is 15.1 Å². The van der Waals surface area contributed by atoms with E-state index in [9.17, 15) is 4.79 Å². The first-order valence-electron chi connectivity index (χ1n) is 6.43. The van der Waals surface area contributed by atoms with Crippen LogP contribution < -0.4 is 5.32 Å². The van der Waals surface area contributed by atoms with Crippen molar-refractivity contribution in [3.05, 3.63) is 0 Å². The van der Waals surface area contributed by atoms with Crippen LogP contribution in [-0.4, -0.2) is 62.0 Å². The van der Waals surface area contributed by atoms with E-state index in [4.69, 9.17) is 0 Å². The Labute approximate surface area is 98.0 Å². The third-order valence-electron chi connectivity index (χ3n) is 3.74. The molecule has 4 heteroatoms. The molecule has 0 atom stereocenters. The van der Waals surface area contributed by atoms with Crippen molar-refractivity contribution < 1.29 is 4.79 Å². The van der Waals surface area contributed by atoms with Crippen LogP contribution in [0.3, 0.4) is 0 Å². The molecule has 16 heavy (non-hydrogen) atoms. The van der Waals surface area contributed by atoms with E-state index in [0.29, 0.717) is 12.3 Å². The van der Waals surface area contributed by atoms with Gasteiger partial charge in [0.1, 0.15) is 0 Å². The van der Waals surface area contributed by atoms with Crippen LogP contribution in [0.25, 0.3) is 0 Å². The average molecular weight is 225 g/mol. The van der Waals surface area contributed by atoms with Crippen LogP contribution in [0.4, 0.5) is 0 Å². The summed E-state index contributed by atoms with van der Waals surface area (Å²) in [7, 11) is 2.18. The topological polar surface area (TPSA) is 35.6 Å². The zero-order chi connectivity index (χ0) is 11.4. The normalized spacial score (nSPS) is 25.8. The molecule has 0 saturated carbocycles. The number of nitrogens with one attached hydrogen (secondary N) is 1. The third kappa shape index (κ3) is 3.19. The summed E-state index contributed by atoms with van der Waals surface area (Å²) in [5.74, 6) is 1.06. The third-order valence-corrected chi connectivity index (χ3v) is 3.74. The highest BCUT2D eigenvalue weighted by molar-refractivity contribution is 5.76. The van der Waals surface area contributed by atoms with Crippen LogP contribution >= 0.6 is 0 Å². The molecule has 4 nitrogen and oxygen atoms in total. The minimum Gasteiger partial charge on any atom is -0.341 e. The first-order valence-corrected chi connectivity index (χ1v) is 6.43. The number of nitrogens with zero attached hydrogens (tertiary/aromatic N) is 2. The van der Waals surface area contributed by atoms with E-state index in [1.807, 2.05) is 0 Å². The number of piperidine rings is 1. The lowest BCUT2D eigenvalue weighted by molar-refractivity contribution is -0.131. The lowest BCUT2D eigenvalue weighted by Gasteiger charge is -2.32. The molecule has 2 fully saturated rings. The maximum Gasteiger partial charge on any atom is 0.223 e. The van der Waals surface area contributed by atoms with Gasteiger partial charge in [-0.15, -0.1) is 0 Å². The summed E-state index contributed by atoms with van der Waals surface area (Å²) in [6, 6.07) is 0. The maximum absolute atomic E-state index is 11.8. The van der Waals surface area contributed by atoms with E-state index in [-0.39, 0.29) is 0 Å². The first-order chi connectivity index (χ1) is 7.75. The summed E-state index contributed by atoms with van der Waals surface area (Å²) in [4.78, 5) is 16.3. The Morgan fingerprint density at radius 1 is 1.25 bits per heavy atom. The second kappa shape index (κ2) is 5.64. The van der Waals surface area contributed by atoms with Crippen molar-refractivity contribution in [3.63, 3.8) is 0 Å². The van der Waals surface area contributed by atoms with Crippen molar-refractivity contribution in [3.8, 4) is 0 Å². The molecule has 2 aliphatic heterocycles. The summed E-state index contributed by atoms with van der Waals surface area (Å²) in [5, 5.41) is 3.28. The van der Waals surface area contributed by atoms with Crippen molar-refractivity contribution >= 4 is 5.91 Å². The lowest BCUT2D eigenvalue weighted by Crippen LogP contribution is -2.40. The number of rotatable bonds is 2. The molecule has 2 saturated heterocycles. The van der Waals surface area contributed by atoms with Crippen LogP contribution in [-0.2, 0) is 4.79 Å². The fourth-order valence-electron chi connectivity index (χ4n) is 2.57. The highest BCUT2D eigenvalue weighted by Gasteiger charge is 2.23. The molecule has 1 N–H and O–H groups in total. The van der Waals surface area contributed by atoms with Gasteiger partial charge in [0.2, 0.25) is 5.91 Å². The van der Waals surface area contributed by atoms with Crippen LogP contribution in [0.5, 0.6) is 0 Å². The molecule has 0 aromatic carbocycles.